The van der Waals surface area contributed by atoms with Gasteiger partial charge in [-0.15, -0.1) is 5.10 Å². The van der Waals surface area contributed by atoms with Gasteiger partial charge in [-0.05, 0) is 37.5 Å². The average Bonchev–Trinajstić information content (AvgIpc) is 3.62. The van der Waals surface area contributed by atoms with Gasteiger partial charge in [0.15, 0.2) is 11.4 Å². The van der Waals surface area contributed by atoms with Crippen molar-refractivity contribution in [3.63, 3.8) is 0 Å². The molecule has 33 heavy (non-hydrogen) atoms. The molecule has 2 aliphatic rings. The molecule has 1 N–H and O–H groups in total. The minimum absolute atomic E-state index is 0.0776. The van der Waals surface area contributed by atoms with E-state index in [-0.39, 0.29) is 18.6 Å². The third kappa shape index (κ3) is 3.62. The molecule has 1 aliphatic heterocycles. The number of aliphatic hydroxyl groups is 1. The van der Waals surface area contributed by atoms with Crippen LogP contribution < -0.4 is 9.64 Å². The normalized spacial score (nSPS) is 21.0. The molecule has 1 aliphatic carbocycles. The largest absolute Gasteiger partial charge is 0.476 e. The van der Waals surface area contributed by atoms with Crippen molar-refractivity contribution in [2.24, 2.45) is 5.92 Å². The number of fused-ring (bicyclic) bond motifs is 2. The summed E-state index contributed by atoms with van der Waals surface area (Å²) in [5, 5.41) is 15.3. The standard InChI is InChI=1S/C24H25N5O4/c30-13-16-2-1-9-28(16)24-18-11-21(33-20(18)7-8-25-24)19-12-26-22-5-6-23(27-29(19)22)32-14-15-3-4-17(31)10-15/h5-8,11-12,15-16,30H,1-4,9-10,13-14H2/t15-,16+/m0/s1. The Hall–Kier alpha value is -3.46. The highest BCUT2D eigenvalue weighted by atomic mass is 16.5. The van der Waals surface area contributed by atoms with Gasteiger partial charge < -0.3 is 19.2 Å². The van der Waals surface area contributed by atoms with E-state index in [4.69, 9.17) is 9.15 Å². The summed E-state index contributed by atoms with van der Waals surface area (Å²) in [5.74, 6) is 2.52. The number of hydrogen-bond acceptors (Lipinski definition) is 8. The summed E-state index contributed by atoms with van der Waals surface area (Å²) in [6, 6.07) is 7.55. The van der Waals surface area contributed by atoms with Crippen molar-refractivity contribution in [2.75, 3.05) is 24.7 Å². The number of anilines is 1. The first-order valence-electron chi connectivity index (χ1n) is 11.5. The predicted molar refractivity (Wildman–Crippen MR) is 121 cm³/mol. The molecule has 4 aromatic rings. The molecule has 0 aromatic carbocycles. The Morgan fingerprint density at radius 1 is 1.21 bits per heavy atom. The topological polar surface area (TPSA) is 106 Å². The number of ketones is 1. The Morgan fingerprint density at radius 2 is 2.15 bits per heavy atom. The van der Waals surface area contributed by atoms with Crippen molar-refractivity contribution < 1.29 is 19.1 Å². The summed E-state index contributed by atoms with van der Waals surface area (Å²) in [6.07, 6.45) is 7.56. The van der Waals surface area contributed by atoms with Crippen molar-refractivity contribution in [3.8, 4) is 17.3 Å². The van der Waals surface area contributed by atoms with E-state index in [1.54, 1.807) is 23.0 Å². The number of carbonyl (C=O) groups is 1. The summed E-state index contributed by atoms with van der Waals surface area (Å²) in [4.78, 5) is 22.7. The molecule has 0 amide bonds. The number of aromatic nitrogens is 4. The zero-order valence-electron chi connectivity index (χ0n) is 18.2. The van der Waals surface area contributed by atoms with Crippen molar-refractivity contribution in [2.45, 2.75) is 38.1 Å². The summed E-state index contributed by atoms with van der Waals surface area (Å²) in [5.41, 5.74) is 2.13. The highest BCUT2D eigenvalue weighted by molar-refractivity contribution is 5.92. The predicted octanol–water partition coefficient (Wildman–Crippen LogP) is 3.25. The van der Waals surface area contributed by atoms with Gasteiger partial charge >= 0.3 is 0 Å². The van der Waals surface area contributed by atoms with Crippen LogP contribution >= 0.6 is 0 Å². The zero-order chi connectivity index (χ0) is 22.4. The number of Topliss-reactive ketones (excluding diaryl/α,β-unsaturated/α-hetero) is 1. The smallest absolute Gasteiger partial charge is 0.231 e. The van der Waals surface area contributed by atoms with Gasteiger partial charge in [-0.3, -0.25) is 4.79 Å². The van der Waals surface area contributed by atoms with Gasteiger partial charge in [0, 0.05) is 37.6 Å². The Labute approximate surface area is 190 Å². The Bertz CT molecular complexity index is 1330. The number of pyridine rings is 1. The van der Waals surface area contributed by atoms with E-state index in [1.807, 2.05) is 18.2 Å². The first-order valence-corrected chi connectivity index (χ1v) is 11.5. The second kappa shape index (κ2) is 8.15. The number of ether oxygens (including phenoxy) is 1. The second-order valence-electron chi connectivity index (χ2n) is 8.87. The summed E-state index contributed by atoms with van der Waals surface area (Å²) >= 11 is 0. The molecule has 2 fully saturated rings. The van der Waals surface area contributed by atoms with Crippen molar-refractivity contribution in [1.29, 1.82) is 0 Å². The molecule has 0 unspecified atom stereocenters. The maximum atomic E-state index is 11.5. The van der Waals surface area contributed by atoms with Crippen LogP contribution in [0, 0.1) is 5.92 Å². The number of hydrogen-bond donors (Lipinski definition) is 1. The highest BCUT2D eigenvalue weighted by Crippen LogP contribution is 2.35. The van der Waals surface area contributed by atoms with Crippen LogP contribution in [0.3, 0.4) is 0 Å². The van der Waals surface area contributed by atoms with Gasteiger partial charge in [0.1, 0.15) is 22.9 Å². The monoisotopic (exact) mass is 447 g/mol. The Kier molecular flexibility index (Phi) is 4.98. The van der Waals surface area contributed by atoms with E-state index in [2.05, 4.69) is 20.0 Å². The second-order valence-corrected chi connectivity index (χ2v) is 8.87. The molecule has 0 spiro atoms. The first kappa shape index (κ1) is 20.2. The Balaban J connectivity index is 1.33. The van der Waals surface area contributed by atoms with Crippen LogP contribution in [-0.2, 0) is 4.79 Å². The van der Waals surface area contributed by atoms with E-state index in [0.717, 1.165) is 42.6 Å². The minimum Gasteiger partial charge on any atom is -0.476 e. The van der Waals surface area contributed by atoms with Crippen LogP contribution in [0.2, 0.25) is 0 Å². The molecule has 0 radical (unpaired) electrons. The van der Waals surface area contributed by atoms with Crippen LogP contribution in [0.1, 0.15) is 32.1 Å². The lowest BCUT2D eigenvalue weighted by Gasteiger charge is -2.24. The summed E-state index contributed by atoms with van der Waals surface area (Å²) < 4.78 is 13.8. The van der Waals surface area contributed by atoms with Crippen LogP contribution in [0.4, 0.5) is 5.82 Å². The number of nitrogens with zero attached hydrogens (tertiary/aromatic N) is 5. The number of rotatable bonds is 6. The Morgan fingerprint density at radius 3 is 3.00 bits per heavy atom. The molecule has 170 valence electrons. The van der Waals surface area contributed by atoms with Crippen LogP contribution in [0.25, 0.3) is 28.1 Å². The molecule has 1 saturated heterocycles. The van der Waals surface area contributed by atoms with E-state index < -0.39 is 0 Å². The van der Waals surface area contributed by atoms with Crippen molar-refractivity contribution >= 4 is 28.2 Å². The fraction of sp³-hybridized carbons (Fsp3) is 0.417. The quantitative estimate of drug-likeness (QED) is 0.480. The fourth-order valence-corrected chi connectivity index (χ4v) is 4.95. The van der Waals surface area contributed by atoms with Crippen LogP contribution in [0.5, 0.6) is 5.88 Å². The average molecular weight is 447 g/mol. The lowest BCUT2D eigenvalue weighted by atomic mass is 10.1. The molecule has 4 aromatic heterocycles. The van der Waals surface area contributed by atoms with Crippen molar-refractivity contribution in [1.82, 2.24) is 19.6 Å². The lowest BCUT2D eigenvalue weighted by molar-refractivity contribution is -0.117. The maximum Gasteiger partial charge on any atom is 0.231 e. The van der Waals surface area contributed by atoms with Crippen molar-refractivity contribution in [3.05, 3.63) is 36.7 Å². The molecular weight excluding hydrogens is 422 g/mol. The maximum absolute atomic E-state index is 11.5. The number of carbonyl (C=O) groups excluding carboxylic acids is 1. The third-order valence-corrected chi connectivity index (χ3v) is 6.69. The molecule has 6 rings (SSSR count). The van der Waals surface area contributed by atoms with E-state index >= 15 is 0 Å². The number of aliphatic hydroxyl groups excluding tert-OH is 1. The van der Waals surface area contributed by atoms with E-state index in [0.29, 0.717) is 48.2 Å². The number of furan rings is 1. The van der Waals surface area contributed by atoms with Gasteiger partial charge in [0.25, 0.3) is 0 Å². The van der Waals surface area contributed by atoms with Crippen LogP contribution in [-0.4, -0.2) is 56.3 Å². The molecular formula is C24H25N5O4. The van der Waals surface area contributed by atoms with E-state index in [9.17, 15) is 9.90 Å². The first-order chi connectivity index (χ1) is 16.2. The molecule has 1 saturated carbocycles. The minimum atomic E-state index is 0.0776. The SMILES string of the molecule is O=C1CC[C@H](COc2ccc3ncc(-c4cc5c(N6CCC[C@@H]6CO)nccc5o4)n3n2)C1. The van der Waals surface area contributed by atoms with Gasteiger partial charge in [-0.2, -0.15) is 0 Å². The molecule has 2 atom stereocenters. The summed E-state index contributed by atoms with van der Waals surface area (Å²) in [6.45, 7) is 1.45. The van der Waals surface area contributed by atoms with E-state index in [1.165, 1.54) is 0 Å². The molecule has 9 nitrogen and oxygen atoms in total. The van der Waals surface area contributed by atoms with Gasteiger partial charge in [-0.25, -0.2) is 14.5 Å². The molecule has 5 heterocycles. The molecule has 9 heteroatoms. The van der Waals surface area contributed by atoms with Crippen LogP contribution in [0.15, 0.2) is 41.1 Å². The van der Waals surface area contributed by atoms with Gasteiger partial charge in [0.05, 0.1) is 30.8 Å². The highest BCUT2D eigenvalue weighted by Gasteiger charge is 2.27. The zero-order valence-corrected chi connectivity index (χ0v) is 18.2. The van der Waals surface area contributed by atoms with Gasteiger partial charge in [0.2, 0.25) is 5.88 Å². The molecule has 0 bridgehead atoms. The third-order valence-electron chi connectivity index (χ3n) is 6.69. The summed E-state index contributed by atoms with van der Waals surface area (Å²) in [7, 11) is 0. The van der Waals surface area contributed by atoms with Gasteiger partial charge in [-0.1, -0.05) is 0 Å². The fourth-order valence-electron chi connectivity index (χ4n) is 4.95. The number of imidazole rings is 1. The lowest BCUT2D eigenvalue weighted by Crippen LogP contribution is -2.32.